The highest BCUT2D eigenvalue weighted by Crippen LogP contribution is 2.13. The molecule has 0 aromatic carbocycles. The van der Waals surface area contributed by atoms with Crippen LogP contribution in [0, 0.1) is 0 Å². The van der Waals surface area contributed by atoms with Gasteiger partial charge in [-0.25, -0.2) is 0 Å². The van der Waals surface area contributed by atoms with E-state index in [0.29, 0.717) is 5.75 Å². The molecule has 0 spiro atoms. The minimum Gasteiger partial charge on any atom is -0.455 e. The zero-order valence-corrected chi connectivity index (χ0v) is 9.79. The normalized spacial score (nSPS) is 10.8. The van der Waals surface area contributed by atoms with Gasteiger partial charge in [-0.05, 0) is 18.4 Å². The summed E-state index contributed by atoms with van der Waals surface area (Å²) < 4.78 is 5.28. The van der Waals surface area contributed by atoms with Crippen LogP contribution in [0.4, 0.5) is 0 Å². The molecule has 90 valence electrons. The van der Waals surface area contributed by atoms with Gasteiger partial charge in [-0.15, -0.1) is 0 Å². The van der Waals surface area contributed by atoms with E-state index >= 15 is 0 Å². The molecule has 16 heavy (non-hydrogen) atoms. The van der Waals surface area contributed by atoms with Crippen LogP contribution in [0.3, 0.4) is 0 Å². The SMILES string of the molecule is CSCc1ccc(C(=O)NC(CO)CO)o1. The summed E-state index contributed by atoms with van der Waals surface area (Å²) in [4.78, 5) is 11.6. The second-order valence-electron chi connectivity index (χ2n) is 3.23. The van der Waals surface area contributed by atoms with Crippen LogP contribution >= 0.6 is 11.8 Å². The second kappa shape index (κ2) is 6.57. The minimum absolute atomic E-state index is 0.191. The number of aliphatic hydroxyl groups is 2. The number of furan rings is 1. The van der Waals surface area contributed by atoms with Gasteiger partial charge in [0.1, 0.15) is 5.76 Å². The summed E-state index contributed by atoms with van der Waals surface area (Å²) in [6.45, 7) is -0.610. The molecule has 0 aliphatic rings. The van der Waals surface area contributed by atoms with Crippen LogP contribution in [0.15, 0.2) is 16.5 Å². The lowest BCUT2D eigenvalue weighted by Gasteiger charge is -2.11. The van der Waals surface area contributed by atoms with E-state index in [0.717, 1.165) is 5.76 Å². The molecule has 0 radical (unpaired) electrons. The largest absolute Gasteiger partial charge is 0.455 e. The Morgan fingerprint density at radius 2 is 2.19 bits per heavy atom. The van der Waals surface area contributed by atoms with E-state index in [-0.39, 0.29) is 19.0 Å². The molecule has 1 aromatic heterocycles. The number of nitrogens with one attached hydrogen (secondary N) is 1. The highest BCUT2D eigenvalue weighted by atomic mass is 32.2. The Kier molecular flexibility index (Phi) is 5.37. The van der Waals surface area contributed by atoms with Crippen LogP contribution < -0.4 is 5.32 Å². The molecular formula is C10H15NO4S. The van der Waals surface area contributed by atoms with E-state index in [1.165, 1.54) is 0 Å². The molecule has 5 nitrogen and oxygen atoms in total. The number of hydrogen-bond donors (Lipinski definition) is 3. The Bertz CT molecular complexity index is 335. The second-order valence-corrected chi connectivity index (χ2v) is 4.10. The van der Waals surface area contributed by atoms with Crippen molar-refractivity contribution in [1.29, 1.82) is 0 Å². The molecule has 0 bridgehead atoms. The topological polar surface area (TPSA) is 82.7 Å². The fourth-order valence-corrected chi connectivity index (χ4v) is 1.56. The highest BCUT2D eigenvalue weighted by Gasteiger charge is 2.15. The van der Waals surface area contributed by atoms with Gasteiger partial charge in [0.15, 0.2) is 5.76 Å². The molecule has 3 N–H and O–H groups in total. The Labute approximate surface area is 97.8 Å². The van der Waals surface area contributed by atoms with E-state index in [1.807, 2.05) is 6.26 Å². The molecule has 0 fully saturated rings. The van der Waals surface area contributed by atoms with E-state index in [1.54, 1.807) is 23.9 Å². The van der Waals surface area contributed by atoms with E-state index in [2.05, 4.69) is 5.32 Å². The third-order valence-corrected chi connectivity index (χ3v) is 2.52. The molecule has 0 aliphatic carbocycles. The average Bonchev–Trinajstić information content (AvgIpc) is 2.74. The zero-order valence-electron chi connectivity index (χ0n) is 8.97. The van der Waals surface area contributed by atoms with Crippen LogP contribution in [0.25, 0.3) is 0 Å². The van der Waals surface area contributed by atoms with Gasteiger partial charge in [0.2, 0.25) is 0 Å². The number of amides is 1. The van der Waals surface area contributed by atoms with Crippen LogP contribution in [0.5, 0.6) is 0 Å². The van der Waals surface area contributed by atoms with Crippen molar-refractivity contribution >= 4 is 17.7 Å². The number of rotatable bonds is 6. The monoisotopic (exact) mass is 245 g/mol. The quantitative estimate of drug-likeness (QED) is 0.668. The molecule has 0 saturated heterocycles. The maximum atomic E-state index is 11.6. The van der Waals surface area contributed by atoms with Crippen molar-refractivity contribution in [2.75, 3.05) is 19.5 Å². The maximum absolute atomic E-state index is 11.6. The van der Waals surface area contributed by atoms with Crippen molar-refractivity contribution in [3.63, 3.8) is 0 Å². The Hall–Kier alpha value is -0.980. The molecule has 1 amide bonds. The molecular weight excluding hydrogens is 230 g/mol. The molecule has 1 aromatic rings. The average molecular weight is 245 g/mol. The van der Waals surface area contributed by atoms with Crippen molar-refractivity contribution in [2.45, 2.75) is 11.8 Å². The van der Waals surface area contributed by atoms with Crippen molar-refractivity contribution in [3.8, 4) is 0 Å². The van der Waals surface area contributed by atoms with Gasteiger partial charge in [-0.1, -0.05) is 0 Å². The first-order chi connectivity index (χ1) is 7.71. The standard InChI is InChI=1S/C10H15NO4S/c1-16-6-8-2-3-9(15-8)10(14)11-7(4-12)5-13/h2-3,7,12-13H,4-6H2,1H3,(H,11,14). The third-order valence-electron chi connectivity index (χ3n) is 1.95. The molecule has 1 heterocycles. The third kappa shape index (κ3) is 3.55. The van der Waals surface area contributed by atoms with Crippen LogP contribution in [0.1, 0.15) is 16.3 Å². The van der Waals surface area contributed by atoms with Gasteiger partial charge in [-0.2, -0.15) is 11.8 Å². The first-order valence-electron chi connectivity index (χ1n) is 4.81. The number of thioether (sulfide) groups is 1. The fourth-order valence-electron chi connectivity index (χ4n) is 1.13. The Morgan fingerprint density at radius 3 is 2.75 bits per heavy atom. The molecule has 0 unspecified atom stereocenters. The smallest absolute Gasteiger partial charge is 0.287 e. The predicted octanol–water partition coefficient (Wildman–Crippen LogP) is 0.226. The lowest BCUT2D eigenvalue weighted by atomic mass is 10.3. The van der Waals surface area contributed by atoms with Gasteiger partial charge in [0.25, 0.3) is 5.91 Å². The predicted molar refractivity (Wildman–Crippen MR) is 61.4 cm³/mol. The van der Waals surface area contributed by atoms with Crippen molar-refractivity contribution in [2.24, 2.45) is 0 Å². The van der Waals surface area contributed by atoms with Crippen LogP contribution in [-0.2, 0) is 5.75 Å². The van der Waals surface area contributed by atoms with Gasteiger partial charge >= 0.3 is 0 Å². The zero-order chi connectivity index (χ0) is 12.0. The van der Waals surface area contributed by atoms with Crippen molar-refractivity contribution in [1.82, 2.24) is 5.32 Å². The molecule has 1 rings (SSSR count). The summed E-state index contributed by atoms with van der Waals surface area (Å²) in [5.41, 5.74) is 0. The summed E-state index contributed by atoms with van der Waals surface area (Å²) >= 11 is 1.60. The van der Waals surface area contributed by atoms with Gasteiger partial charge in [0.05, 0.1) is 25.0 Å². The van der Waals surface area contributed by atoms with Crippen LogP contribution in [-0.4, -0.2) is 41.6 Å². The lowest BCUT2D eigenvalue weighted by molar-refractivity contribution is 0.0850. The van der Waals surface area contributed by atoms with Gasteiger partial charge in [-0.3, -0.25) is 4.79 Å². The van der Waals surface area contributed by atoms with Gasteiger partial charge < -0.3 is 19.9 Å². The number of aliphatic hydroxyl groups excluding tert-OH is 2. The number of hydrogen-bond acceptors (Lipinski definition) is 5. The summed E-state index contributed by atoms with van der Waals surface area (Å²) in [5, 5.41) is 20.1. The summed E-state index contributed by atoms with van der Waals surface area (Å²) in [6.07, 6.45) is 1.94. The fraction of sp³-hybridized carbons (Fsp3) is 0.500. The molecule has 6 heteroatoms. The first-order valence-corrected chi connectivity index (χ1v) is 6.21. The summed E-state index contributed by atoms with van der Waals surface area (Å²) in [7, 11) is 0. The van der Waals surface area contributed by atoms with Crippen molar-refractivity contribution in [3.05, 3.63) is 23.7 Å². The minimum atomic E-state index is -0.651. The molecule has 0 saturated carbocycles. The summed E-state index contributed by atoms with van der Waals surface area (Å²) in [6, 6.07) is 2.66. The van der Waals surface area contributed by atoms with E-state index < -0.39 is 11.9 Å². The Balaban J connectivity index is 2.58. The summed E-state index contributed by atoms with van der Waals surface area (Å²) in [5.74, 6) is 1.19. The first kappa shape index (κ1) is 13.1. The van der Waals surface area contributed by atoms with Gasteiger partial charge in [0, 0.05) is 0 Å². The molecule has 0 atom stereocenters. The highest BCUT2D eigenvalue weighted by molar-refractivity contribution is 7.97. The van der Waals surface area contributed by atoms with E-state index in [4.69, 9.17) is 14.6 Å². The Morgan fingerprint density at radius 1 is 1.50 bits per heavy atom. The number of carbonyl (C=O) groups is 1. The molecule has 0 aliphatic heterocycles. The van der Waals surface area contributed by atoms with E-state index in [9.17, 15) is 4.79 Å². The lowest BCUT2D eigenvalue weighted by Crippen LogP contribution is -2.39. The van der Waals surface area contributed by atoms with Crippen molar-refractivity contribution < 1.29 is 19.4 Å². The van der Waals surface area contributed by atoms with Crippen LogP contribution in [0.2, 0.25) is 0 Å². The maximum Gasteiger partial charge on any atom is 0.287 e. The number of carbonyl (C=O) groups excluding carboxylic acids is 1.